The fraction of sp³-hybridized carbons (Fsp3) is 0.105. The van der Waals surface area contributed by atoms with Gasteiger partial charge in [-0.25, -0.2) is 4.79 Å². The number of carbonyl (C=O) groups is 2. The van der Waals surface area contributed by atoms with Crippen LogP contribution >= 0.6 is 11.6 Å². The average molecular weight is 355 g/mol. The van der Waals surface area contributed by atoms with Crippen molar-refractivity contribution in [2.24, 2.45) is 0 Å². The molecule has 3 rings (SSSR count). The van der Waals surface area contributed by atoms with Crippen molar-refractivity contribution >= 4 is 34.4 Å². The Hall–Kier alpha value is -2.92. The molecule has 25 heavy (non-hydrogen) atoms. The zero-order chi connectivity index (χ0) is 17.8. The molecule has 1 amide bonds. The zero-order valence-corrected chi connectivity index (χ0v) is 13.9. The molecule has 0 spiro atoms. The number of para-hydroxylation sites is 1. The van der Waals surface area contributed by atoms with E-state index in [4.69, 9.17) is 11.6 Å². The van der Waals surface area contributed by atoms with Crippen molar-refractivity contribution in [1.29, 1.82) is 0 Å². The molecule has 0 saturated heterocycles. The molecule has 126 valence electrons. The van der Waals surface area contributed by atoms with Crippen LogP contribution in [0.3, 0.4) is 0 Å². The van der Waals surface area contributed by atoms with Crippen molar-refractivity contribution in [3.8, 4) is 0 Å². The highest BCUT2D eigenvalue weighted by atomic mass is 35.5. The number of nitrogens with one attached hydrogen (secondary N) is 1. The summed E-state index contributed by atoms with van der Waals surface area (Å²) in [5.74, 6) is -1.54. The number of aliphatic carboxylic acids is 1. The SMILES string of the molecule is O=C(N[C@@H](Cc1ccc(Cl)cc1)C(=O)O)c1ccnc2ccccc12. The third-order valence-corrected chi connectivity index (χ3v) is 4.10. The summed E-state index contributed by atoms with van der Waals surface area (Å²) in [6, 6.07) is 14.6. The molecular formula is C19H15ClN2O3. The second kappa shape index (κ2) is 7.32. The van der Waals surface area contributed by atoms with E-state index in [1.54, 1.807) is 42.5 Å². The Morgan fingerprint density at radius 3 is 2.52 bits per heavy atom. The Kier molecular flexibility index (Phi) is 4.95. The summed E-state index contributed by atoms with van der Waals surface area (Å²) >= 11 is 5.84. The van der Waals surface area contributed by atoms with Crippen molar-refractivity contribution < 1.29 is 14.7 Å². The molecule has 0 unspecified atom stereocenters. The number of hydrogen-bond donors (Lipinski definition) is 2. The van der Waals surface area contributed by atoms with Gasteiger partial charge in [-0.1, -0.05) is 41.9 Å². The van der Waals surface area contributed by atoms with Crippen molar-refractivity contribution in [2.75, 3.05) is 0 Å². The summed E-state index contributed by atoms with van der Waals surface area (Å²) in [6.07, 6.45) is 1.70. The van der Waals surface area contributed by atoms with Gasteiger partial charge >= 0.3 is 5.97 Å². The van der Waals surface area contributed by atoms with Crippen molar-refractivity contribution in [1.82, 2.24) is 10.3 Å². The van der Waals surface area contributed by atoms with Crippen molar-refractivity contribution in [2.45, 2.75) is 12.5 Å². The van der Waals surface area contributed by atoms with Crippen LogP contribution in [0, 0.1) is 0 Å². The highest BCUT2D eigenvalue weighted by Gasteiger charge is 2.22. The summed E-state index contributed by atoms with van der Waals surface area (Å²) in [5.41, 5.74) is 1.85. The summed E-state index contributed by atoms with van der Waals surface area (Å²) in [5, 5.41) is 13.3. The van der Waals surface area contributed by atoms with Gasteiger partial charge in [-0.3, -0.25) is 9.78 Å². The number of rotatable bonds is 5. The summed E-state index contributed by atoms with van der Waals surface area (Å²) in [7, 11) is 0. The molecule has 0 aliphatic carbocycles. The number of aromatic nitrogens is 1. The normalized spacial score (nSPS) is 11.9. The molecular weight excluding hydrogens is 340 g/mol. The quantitative estimate of drug-likeness (QED) is 0.736. The summed E-state index contributed by atoms with van der Waals surface area (Å²) < 4.78 is 0. The second-order valence-electron chi connectivity index (χ2n) is 5.57. The van der Waals surface area contributed by atoms with E-state index in [2.05, 4.69) is 10.3 Å². The first-order valence-corrected chi connectivity index (χ1v) is 8.04. The Bertz CT molecular complexity index is 920. The van der Waals surface area contributed by atoms with Gasteiger partial charge in [0.2, 0.25) is 0 Å². The number of halogens is 1. The van der Waals surface area contributed by atoms with E-state index in [9.17, 15) is 14.7 Å². The van der Waals surface area contributed by atoms with E-state index >= 15 is 0 Å². The number of carboxylic acid groups (broad SMARTS) is 1. The molecule has 0 saturated carbocycles. The molecule has 1 heterocycles. The Morgan fingerprint density at radius 2 is 1.80 bits per heavy atom. The topological polar surface area (TPSA) is 79.3 Å². The van der Waals surface area contributed by atoms with Crippen molar-refractivity contribution in [3.63, 3.8) is 0 Å². The number of amides is 1. The molecule has 0 radical (unpaired) electrons. The smallest absolute Gasteiger partial charge is 0.326 e. The minimum atomic E-state index is -1.10. The largest absolute Gasteiger partial charge is 0.480 e. The molecule has 0 bridgehead atoms. The van der Waals surface area contributed by atoms with E-state index in [-0.39, 0.29) is 6.42 Å². The van der Waals surface area contributed by atoms with Gasteiger partial charge in [0, 0.05) is 23.0 Å². The lowest BCUT2D eigenvalue weighted by molar-refractivity contribution is -0.139. The van der Waals surface area contributed by atoms with Gasteiger partial charge in [0.05, 0.1) is 11.1 Å². The predicted octanol–water partition coefficient (Wildman–Crippen LogP) is 3.31. The van der Waals surface area contributed by atoms with Crippen LogP contribution < -0.4 is 5.32 Å². The fourth-order valence-electron chi connectivity index (χ4n) is 2.59. The van der Waals surface area contributed by atoms with Crippen LogP contribution in [0.25, 0.3) is 10.9 Å². The minimum Gasteiger partial charge on any atom is -0.480 e. The minimum absolute atomic E-state index is 0.168. The maximum atomic E-state index is 12.6. The molecule has 5 nitrogen and oxygen atoms in total. The first-order valence-electron chi connectivity index (χ1n) is 7.66. The zero-order valence-electron chi connectivity index (χ0n) is 13.1. The van der Waals surface area contributed by atoms with E-state index < -0.39 is 17.9 Å². The molecule has 3 aromatic rings. The van der Waals surface area contributed by atoms with E-state index in [0.29, 0.717) is 21.5 Å². The number of carbonyl (C=O) groups excluding carboxylic acids is 1. The average Bonchev–Trinajstić information content (AvgIpc) is 2.62. The van der Waals surface area contributed by atoms with Crippen LogP contribution in [-0.2, 0) is 11.2 Å². The molecule has 1 aromatic heterocycles. The number of benzene rings is 2. The third kappa shape index (κ3) is 3.95. The Balaban J connectivity index is 1.83. The van der Waals surface area contributed by atoms with Gasteiger partial charge in [0.25, 0.3) is 5.91 Å². The standard InChI is InChI=1S/C19H15ClN2O3/c20-13-7-5-12(6-8-13)11-17(19(24)25)22-18(23)15-9-10-21-16-4-2-1-3-14(15)16/h1-10,17H,11H2,(H,22,23)(H,24,25)/t17-/m0/s1. The van der Waals surface area contributed by atoms with Crippen LogP contribution in [0.15, 0.2) is 60.8 Å². The molecule has 0 aliphatic rings. The van der Waals surface area contributed by atoms with Gasteiger partial charge < -0.3 is 10.4 Å². The van der Waals surface area contributed by atoms with Crippen LogP contribution in [0.5, 0.6) is 0 Å². The number of fused-ring (bicyclic) bond motifs is 1. The van der Waals surface area contributed by atoms with Gasteiger partial charge in [-0.2, -0.15) is 0 Å². The maximum Gasteiger partial charge on any atom is 0.326 e. The number of hydrogen-bond acceptors (Lipinski definition) is 3. The molecule has 0 fully saturated rings. The summed E-state index contributed by atoms with van der Waals surface area (Å²) in [6.45, 7) is 0. The van der Waals surface area contributed by atoms with Crippen LogP contribution in [0.4, 0.5) is 0 Å². The van der Waals surface area contributed by atoms with Gasteiger partial charge in [-0.15, -0.1) is 0 Å². The third-order valence-electron chi connectivity index (χ3n) is 3.85. The fourth-order valence-corrected chi connectivity index (χ4v) is 2.71. The second-order valence-corrected chi connectivity index (χ2v) is 6.01. The molecule has 6 heteroatoms. The van der Waals surface area contributed by atoms with Crippen LogP contribution in [0.2, 0.25) is 5.02 Å². The van der Waals surface area contributed by atoms with E-state index in [0.717, 1.165) is 5.56 Å². The van der Waals surface area contributed by atoms with E-state index in [1.165, 1.54) is 6.20 Å². The van der Waals surface area contributed by atoms with Crippen LogP contribution in [0.1, 0.15) is 15.9 Å². The number of nitrogens with zero attached hydrogens (tertiary/aromatic N) is 1. The monoisotopic (exact) mass is 354 g/mol. The number of carboxylic acids is 1. The lowest BCUT2D eigenvalue weighted by Gasteiger charge is -2.15. The van der Waals surface area contributed by atoms with E-state index in [1.807, 2.05) is 12.1 Å². The van der Waals surface area contributed by atoms with Gasteiger partial charge in [-0.05, 0) is 29.8 Å². The molecule has 0 aliphatic heterocycles. The van der Waals surface area contributed by atoms with Gasteiger partial charge in [0.15, 0.2) is 0 Å². The van der Waals surface area contributed by atoms with Crippen molar-refractivity contribution in [3.05, 3.63) is 76.9 Å². The first kappa shape index (κ1) is 16.9. The van der Waals surface area contributed by atoms with Crippen LogP contribution in [-0.4, -0.2) is 28.0 Å². The molecule has 1 atom stereocenters. The molecule has 2 aromatic carbocycles. The summed E-state index contributed by atoms with van der Waals surface area (Å²) in [4.78, 5) is 28.3. The highest BCUT2D eigenvalue weighted by Crippen LogP contribution is 2.17. The lowest BCUT2D eigenvalue weighted by atomic mass is 10.0. The number of pyridine rings is 1. The predicted molar refractivity (Wildman–Crippen MR) is 95.8 cm³/mol. The van der Waals surface area contributed by atoms with Gasteiger partial charge in [0.1, 0.15) is 6.04 Å². The first-order chi connectivity index (χ1) is 12.0. The lowest BCUT2D eigenvalue weighted by Crippen LogP contribution is -2.42. The highest BCUT2D eigenvalue weighted by molar-refractivity contribution is 6.30. The Morgan fingerprint density at radius 1 is 1.08 bits per heavy atom. The molecule has 2 N–H and O–H groups in total. The Labute approximate surface area is 149 Å². The maximum absolute atomic E-state index is 12.6.